The molecule has 160 valence electrons. The molecule has 2 heterocycles. The van der Waals surface area contributed by atoms with E-state index in [1.165, 1.54) is 24.3 Å². The first-order chi connectivity index (χ1) is 15.1. The lowest BCUT2D eigenvalue weighted by molar-refractivity contribution is -0.384. The van der Waals surface area contributed by atoms with E-state index in [0.29, 0.717) is 18.8 Å². The maximum Gasteiger partial charge on any atom is 0.277 e. The van der Waals surface area contributed by atoms with Crippen LogP contribution in [0.25, 0.3) is 11.5 Å². The van der Waals surface area contributed by atoms with Gasteiger partial charge >= 0.3 is 0 Å². The standard InChI is InChI=1S/C20H19N5O5S/c26-18(21-16-3-1-2-4-17(16)24-9-11-29-12-10-24)13-31-20-23-22-19(30-20)14-5-7-15(8-6-14)25(27)28/h1-8H,9-13H2,(H,21,26). The van der Waals surface area contributed by atoms with Gasteiger partial charge in [0.15, 0.2) is 0 Å². The number of ether oxygens (including phenoxy) is 1. The predicted molar refractivity (Wildman–Crippen MR) is 115 cm³/mol. The second-order valence-corrected chi connectivity index (χ2v) is 7.56. The van der Waals surface area contributed by atoms with E-state index in [4.69, 9.17) is 9.15 Å². The number of aromatic nitrogens is 2. The van der Waals surface area contributed by atoms with Crippen LogP contribution in [-0.2, 0) is 9.53 Å². The number of anilines is 2. The number of nitrogens with zero attached hydrogens (tertiary/aromatic N) is 4. The molecule has 1 aliphatic heterocycles. The fourth-order valence-electron chi connectivity index (χ4n) is 3.08. The molecule has 2 aromatic carbocycles. The van der Waals surface area contributed by atoms with Crippen LogP contribution in [0, 0.1) is 10.1 Å². The van der Waals surface area contributed by atoms with Crippen molar-refractivity contribution >= 4 is 34.7 Å². The van der Waals surface area contributed by atoms with E-state index < -0.39 is 4.92 Å². The average Bonchev–Trinajstić information content (AvgIpc) is 3.28. The first-order valence-electron chi connectivity index (χ1n) is 9.53. The van der Waals surface area contributed by atoms with E-state index in [2.05, 4.69) is 20.4 Å². The number of hydrogen-bond donors (Lipinski definition) is 1. The smallest absolute Gasteiger partial charge is 0.277 e. The number of carbonyl (C=O) groups is 1. The number of thioether (sulfide) groups is 1. The Bertz CT molecular complexity index is 1070. The maximum atomic E-state index is 12.5. The number of rotatable bonds is 7. The molecule has 4 rings (SSSR count). The number of nitrogens with one attached hydrogen (secondary N) is 1. The van der Waals surface area contributed by atoms with Gasteiger partial charge in [-0.05, 0) is 24.3 Å². The minimum absolute atomic E-state index is 0.0214. The third kappa shape index (κ3) is 5.19. The molecule has 1 amide bonds. The number of non-ortho nitro benzene ring substituents is 1. The van der Waals surface area contributed by atoms with Crippen molar-refractivity contribution in [3.05, 3.63) is 58.6 Å². The molecule has 0 unspecified atom stereocenters. The zero-order valence-corrected chi connectivity index (χ0v) is 17.2. The summed E-state index contributed by atoms with van der Waals surface area (Å²) in [5, 5.41) is 21.8. The fourth-order valence-corrected chi connectivity index (χ4v) is 3.65. The van der Waals surface area contributed by atoms with Crippen LogP contribution < -0.4 is 10.2 Å². The van der Waals surface area contributed by atoms with Crippen LogP contribution >= 0.6 is 11.8 Å². The van der Waals surface area contributed by atoms with Gasteiger partial charge in [0.05, 0.1) is 35.3 Å². The first-order valence-corrected chi connectivity index (χ1v) is 10.5. The Morgan fingerprint density at radius 2 is 1.87 bits per heavy atom. The quantitative estimate of drug-likeness (QED) is 0.334. The molecule has 3 aromatic rings. The summed E-state index contributed by atoms with van der Waals surface area (Å²) >= 11 is 1.12. The van der Waals surface area contributed by atoms with Crippen molar-refractivity contribution in [2.75, 3.05) is 42.3 Å². The van der Waals surface area contributed by atoms with Crippen molar-refractivity contribution in [2.24, 2.45) is 0 Å². The topological polar surface area (TPSA) is 124 Å². The molecule has 0 spiro atoms. The number of amides is 1. The second-order valence-electron chi connectivity index (χ2n) is 6.63. The van der Waals surface area contributed by atoms with E-state index >= 15 is 0 Å². The van der Waals surface area contributed by atoms with Crippen molar-refractivity contribution < 1.29 is 18.9 Å². The largest absolute Gasteiger partial charge is 0.411 e. The number of nitro benzene ring substituents is 1. The van der Waals surface area contributed by atoms with Crippen molar-refractivity contribution in [1.82, 2.24) is 10.2 Å². The SMILES string of the molecule is O=C(CSc1nnc(-c2ccc([N+](=O)[O-])cc2)o1)Nc1ccccc1N1CCOCC1. The summed E-state index contributed by atoms with van der Waals surface area (Å²) in [6, 6.07) is 13.5. The molecule has 1 fully saturated rings. The second kappa shape index (κ2) is 9.58. The summed E-state index contributed by atoms with van der Waals surface area (Å²) in [6.45, 7) is 2.86. The zero-order chi connectivity index (χ0) is 21.6. The van der Waals surface area contributed by atoms with Gasteiger partial charge in [-0.2, -0.15) is 0 Å². The highest BCUT2D eigenvalue weighted by molar-refractivity contribution is 7.99. The Morgan fingerprint density at radius 3 is 2.61 bits per heavy atom. The summed E-state index contributed by atoms with van der Waals surface area (Å²) < 4.78 is 11.0. The number of carbonyl (C=O) groups excluding carboxylic acids is 1. The molecular formula is C20H19N5O5S. The Kier molecular flexibility index (Phi) is 6.43. The molecule has 1 N–H and O–H groups in total. The van der Waals surface area contributed by atoms with Gasteiger partial charge in [0, 0.05) is 30.8 Å². The number of nitro groups is 1. The van der Waals surface area contributed by atoms with Crippen LogP contribution in [0.1, 0.15) is 0 Å². The molecule has 0 aliphatic carbocycles. The van der Waals surface area contributed by atoms with Gasteiger partial charge in [0.2, 0.25) is 11.8 Å². The summed E-state index contributed by atoms with van der Waals surface area (Å²) in [5.41, 5.74) is 2.25. The third-order valence-electron chi connectivity index (χ3n) is 4.59. The van der Waals surface area contributed by atoms with E-state index in [9.17, 15) is 14.9 Å². The van der Waals surface area contributed by atoms with Crippen LogP contribution in [0.4, 0.5) is 17.1 Å². The molecule has 1 saturated heterocycles. The van der Waals surface area contributed by atoms with Crippen molar-refractivity contribution in [3.8, 4) is 11.5 Å². The van der Waals surface area contributed by atoms with Crippen molar-refractivity contribution in [1.29, 1.82) is 0 Å². The minimum atomic E-state index is -0.477. The lowest BCUT2D eigenvalue weighted by atomic mass is 10.2. The fraction of sp³-hybridized carbons (Fsp3) is 0.250. The van der Waals surface area contributed by atoms with E-state index in [-0.39, 0.29) is 28.5 Å². The Morgan fingerprint density at radius 1 is 1.13 bits per heavy atom. The number of hydrogen-bond acceptors (Lipinski definition) is 9. The van der Waals surface area contributed by atoms with Crippen molar-refractivity contribution in [2.45, 2.75) is 5.22 Å². The van der Waals surface area contributed by atoms with Crippen LogP contribution in [0.3, 0.4) is 0 Å². The lowest BCUT2D eigenvalue weighted by Gasteiger charge is -2.30. The number of morpholine rings is 1. The van der Waals surface area contributed by atoms with Gasteiger partial charge in [-0.15, -0.1) is 10.2 Å². The predicted octanol–water partition coefficient (Wildman–Crippen LogP) is 3.21. The lowest BCUT2D eigenvalue weighted by Crippen LogP contribution is -2.36. The number of benzene rings is 2. The third-order valence-corrected chi connectivity index (χ3v) is 5.41. The summed E-state index contributed by atoms with van der Waals surface area (Å²) in [7, 11) is 0. The molecule has 11 heteroatoms. The summed E-state index contributed by atoms with van der Waals surface area (Å²) in [5.74, 6) is 0.135. The highest BCUT2D eigenvalue weighted by Gasteiger charge is 2.17. The monoisotopic (exact) mass is 441 g/mol. The maximum absolute atomic E-state index is 12.5. The normalized spacial score (nSPS) is 13.7. The Balaban J connectivity index is 1.35. The highest BCUT2D eigenvalue weighted by atomic mass is 32.2. The van der Waals surface area contributed by atoms with Crippen LogP contribution in [0.15, 0.2) is 58.2 Å². The van der Waals surface area contributed by atoms with Gasteiger partial charge in [0.1, 0.15) is 0 Å². The molecule has 0 radical (unpaired) electrons. The van der Waals surface area contributed by atoms with E-state index in [1.807, 2.05) is 24.3 Å². The highest BCUT2D eigenvalue weighted by Crippen LogP contribution is 2.28. The summed E-state index contributed by atoms with van der Waals surface area (Å²) in [6.07, 6.45) is 0. The number of para-hydroxylation sites is 2. The van der Waals surface area contributed by atoms with Crippen molar-refractivity contribution in [3.63, 3.8) is 0 Å². The van der Waals surface area contributed by atoms with Crippen LogP contribution in [0.5, 0.6) is 0 Å². The molecule has 31 heavy (non-hydrogen) atoms. The van der Waals surface area contributed by atoms with Gasteiger partial charge in [-0.1, -0.05) is 23.9 Å². The molecule has 0 atom stereocenters. The molecule has 1 aliphatic rings. The molecule has 0 saturated carbocycles. The molecule has 1 aromatic heterocycles. The molecule has 10 nitrogen and oxygen atoms in total. The van der Waals surface area contributed by atoms with Crippen LogP contribution in [-0.4, -0.2) is 53.1 Å². The Labute approximate surface area is 181 Å². The van der Waals surface area contributed by atoms with Gasteiger partial charge in [0.25, 0.3) is 10.9 Å². The van der Waals surface area contributed by atoms with E-state index in [0.717, 1.165) is 36.2 Å². The first kappa shape index (κ1) is 20.8. The Hall–Kier alpha value is -3.44. The zero-order valence-electron chi connectivity index (χ0n) is 16.4. The van der Waals surface area contributed by atoms with E-state index in [1.54, 1.807) is 0 Å². The van der Waals surface area contributed by atoms with Gasteiger partial charge in [-0.25, -0.2) is 0 Å². The minimum Gasteiger partial charge on any atom is -0.411 e. The van der Waals surface area contributed by atoms with Gasteiger partial charge in [-0.3, -0.25) is 14.9 Å². The molecular weight excluding hydrogens is 422 g/mol. The summed E-state index contributed by atoms with van der Waals surface area (Å²) in [4.78, 5) is 24.9. The van der Waals surface area contributed by atoms with Crippen LogP contribution in [0.2, 0.25) is 0 Å². The molecule has 0 bridgehead atoms. The van der Waals surface area contributed by atoms with Gasteiger partial charge < -0.3 is 19.4 Å². The average molecular weight is 441 g/mol.